The maximum atomic E-state index is 10.8. The van der Waals surface area contributed by atoms with Crippen LogP contribution < -0.4 is 5.73 Å². The van der Waals surface area contributed by atoms with Crippen LogP contribution in [0.2, 0.25) is 0 Å². The minimum absolute atomic E-state index is 0.0509. The topological polar surface area (TPSA) is 72.1 Å². The minimum Gasteiger partial charge on any atom is -0.369 e. The molecule has 19 heavy (non-hydrogen) atoms. The number of nitrogens with two attached hydrogens (primary N) is 1. The fourth-order valence-electron chi connectivity index (χ4n) is 2.37. The molecule has 5 nitrogen and oxygen atoms in total. The Hall–Kier alpha value is -1.49. The van der Waals surface area contributed by atoms with E-state index >= 15 is 0 Å². The quantitative estimate of drug-likeness (QED) is 0.868. The number of nitrogens with zero attached hydrogens (tertiary/aromatic N) is 3. The predicted octanol–water partition coefficient (Wildman–Crippen LogP) is 0.734. The van der Waals surface area contributed by atoms with Crippen molar-refractivity contribution in [3.8, 4) is 0 Å². The lowest BCUT2D eigenvalue weighted by Crippen LogP contribution is -2.50. The standard InChI is InChI=1S/C14H22N4O/c1-14(2,3)12-5-11(16-9-17-12)4-10-6-18(7-10)8-13(15)19/h5,9-10H,4,6-8H2,1-3H3,(H2,15,19). The van der Waals surface area contributed by atoms with Gasteiger partial charge in [0.05, 0.1) is 6.54 Å². The van der Waals surface area contributed by atoms with Crippen molar-refractivity contribution in [3.63, 3.8) is 0 Å². The van der Waals surface area contributed by atoms with Crippen LogP contribution in [0.4, 0.5) is 0 Å². The molecule has 5 heteroatoms. The van der Waals surface area contributed by atoms with Gasteiger partial charge in [0.25, 0.3) is 0 Å². The second kappa shape index (κ2) is 5.25. The van der Waals surface area contributed by atoms with Crippen LogP contribution in [0, 0.1) is 5.92 Å². The molecule has 1 saturated heterocycles. The van der Waals surface area contributed by atoms with E-state index in [2.05, 4.69) is 41.7 Å². The first-order valence-corrected chi connectivity index (χ1v) is 6.66. The Morgan fingerprint density at radius 2 is 2.11 bits per heavy atom. The van der Waals surface area contributed by atoms with Crippen LogP contribution in [0.5, 0.6) is 0 Å². The first-order valence-electron chi connectivity index (χ1n) is 6.66. The summed E-state index contributed by atoms with van der Waals surface area (Å²) in [6, 6.07) is 2.09. The van der Waals surface area contributed by atoms with Gasteiger partial charge in [-0.15, -0.1) is 0 Å². The van der Waals surface area contributed by atoms with Gasteiger partial charge in [-0.05, 0) is 18.4 Å². The van der Waals surface area contributed by atoms with Crippen molar-refractivity contribution in [3.05, 3.63) is 23.8 Å². The monoisotopic (exact) mass is 262 g/mol. The normalized spacial score (nSPS) is 17.2. The van der Waals surface area contributed by atoms with Crippen LogP contribution in [-0.4, -0.2) is 40.4 Å². The van der Waals surface area contributed by atoms with E-state index in [1.165, 1.54) is 0 Å². The molecular weight excluding hydrogens is 240 g/mol. The molecule has 2 N–H and O–H groups in total. The number of aromatic nitrogens is 2. The summed E-state index contributed by atoms with van der Waals surface area (Å²) in [7, 11) is 0. The third kappa shape index (κ3) is 3.73. The van der Waals surface area contributed by atoms with Crippen molar-refractivity contribution in [2.45, 2.75) is 32.6 Å². The zero-order valence-corrected chi connectivity index (χ0v) is 11.9. The van der Waals surface area contributed by atoms with E-state index in [9.17, 15) is 4.79 Å². The van der Waals surface area contributed by atoms with Gasteiger partial charge in [0.2, 0.25) is 5.91 Å². The molecule has 0 saturated carbocycles. The fourth-order valence-corrected chi connectivity index (χ4v) is 2.37. The van der Waals surface area contributed by atoms with Crippen LogP contribution >= 0.6 is 0 Å². The molecule has 0 atom stereocenters. The lowest BCUT2D eigenvalue weighted by Gasteiger charge is -2.38. The summed E-state index contributed by atoms with van der Waals surface area (Å²) in [5.41, 5.74) is 7.38. The molecule has 0 unspecified atom stereocenters. The zero-order chi connectivity index (χ0) is 14.0. The molecule has 2 rings (SSSR count). The van der Waals surface area contributed by atoms with Crippen LogP contribution in [0.3, 0.4) is 0 Å². The lowest BCUT2D eigenvalue weighted by atomic mass is 9.89. The first kappa shape index (κ1) is 13.9. The summed E-state index contributed by atoms with van der Waals surface area (Å²) in [4.78, 5) is 21.5. The number of likely N-dealkylation sites (tertiary alicyclic amines) is 1. The summed E-state index contributed by atoms with van der Waals surface area (Å²) in [6.07, 6.45) is 2.59. The molecule has 2 heterocycles. The van der Waals surface area contributed by atoms with Gasteiger partial charge in [-0.3, -0.25) is 9.69 Å². The van der Waals surface area contributed by atoms with Crippen LogP contribution in [0.1, 0.15) is 32.2 Å². The maximum absolute atomic E-state index is 10.8. The molecule has 1 amide bonds. The van der Waals surface area contributed by atoms with Gasteiger partial charge in [0.1, 0.15) is 6.33 Å². The van der Waals surface area contributed by atoms with Gasteiger partial charge in [-0.1, -0.05) is 20.8 Å². The van der Waals surface area contributed by atoms with Crippen molar-refractivity contribution in [1.82, 2.24) is 14.9 Å². The Balaban J connectivity index is 1.90. The van der Waals surface area contributed by atoms with Gasteiger partial charge < -0.3 is 5.73 Å². The minimum atomic E-state index is -0.254. The summed E-state index contributed by atoms with van der Waals surface area (Å²) >= 11 is 0. The molecule has 1 fully saturated rings. The number of rotatable bonds is 4. The van der Waals surface area contributed by atoms with E-state index < -0.39 is 0 Å². The van der Waals surface area contributed by atoms with Gasteiger partial charge >= 0.3 is 0 Å². The van der Waals surface area contributed by atoms with E-state index in [0.717, 1.165) is 30.9 Å². The average Bonchev–Trinajstić information content (AvgIpc) is 2.25. The van der Waals surface area contributed by atoms with E-state index in [1.807, 2.05) is 0 Å². The SMILES string of the molecule is CC(C)(C)c1cc(CC2CN(CC(N)=O)C2)ncn1. The van der Waals surface area contributed by atoms with Gasteiger partial charge in [-0.2, -0.15) is 0 Å². The largest absolute Gasteiger partial charge is 0.369 e. The Labute approximate surface area is 114 Å². The Morgan fingerprint density at radius 3 is 2.68 bits per heavy atom. The zero-order valence-electron chi connectivity index (χ0n) is 11.9. The highest BCUT2D eigenvalue weighted by Crippen LogP contribution is 2.23. The van der Waals surface area contributed by atoms with Gasteiger partial charge in [-0.25, -0.2) is 9.97 Å². The van der Waals surface area contributed by atoms with Crippen molar-refractivity contribution < 1.29 is 4.79 Å². The summed E-state index contributed by atoms with van der Waals surface area (Å²) < 4.78 is 0. The van der Waals surface area contributed by atoms with Crippen molar-refractivity contribution in [2.24, 2.45) is 11.7 Å². The molecule has 1 aromatic rings. The van der Waals surface area contributed by atoms with E-state index in [4.69, 9.17) is 5.73 Å². The Morgan fingerprint density at radius 1 is 1.42 bits per heavy atom. The third-order valence-electron chi connectivity index (χ3n) is 3.40. The summed E-state index contributed by atoms with van der Waals surface area (Å²) in [5.74, 6) is 0.317. The molecule has 0 spiro atoms. The second-order valence-corrected chi connectivity index (χ2v) is 6.38. The van der Waals surface area contributed by atoms with E-state index in [-0.39, 0.29) is 11.3 Å². The van der Waals surface area contributed by atoms with Crippen LogP contribution in [0.15, 0.2) is 12.4 Å². The number of carbonyl (C=O) groups is 1. The molecule has 1 aliphatic rings. The smallest absolute Gasteiger partial charge is 0.231 e. The molecule has 0 radical (unpaired) electrons. The van der Waals surface area contributed by atoms with Gasteiger partial charge in [0.15, 0.2) is 0 Å². The van der Waals surface area contributed by atoms with Crippen LogP contribution in [0.25, 0.3) is 0 Å². The first-order chi connectivity index (χ1) is 8.84. The van der Waals surface area contributed by atoms with E-state index in [1.54, 1.807) is 6.33 Å². The second-order valence-electron chi connectivity index (χ2n) is 6.38. The fraction of sp³-hybridized carbons (Fsp3) is 0.643. The lowest BCUT2D eigenvalue weighted by molar-refractivity contribution is -0.120. The Kier molecular flexibility index (Phi) is 3.85. The van der Waals surface area contributed by atoms with Crippen molar-refractivity contribution in [2.75, 3.05) is 19.6 Å². The van der Waals surface area contributed by atoms with Gasteiger partial charge in [0, 0.05) is 29.9 Å². The highest BCUT2D eigenvalue weighted by atomic mass is 16.1. The van der Waals surface area contributed by atoms with Crippen molar-refractivity contribution in [1.29, 1.82) is 0 Å². The highest BCUT2D eigenvalue weighted by molar-refractivity contribution is 5.76. The number of primary amides is 1. The molecule has 1 aromatic heterocycles. The highest BCUT2D eigenvalue weighted by Gasteiger charge is 2.28. The predicted molar refractivity (Wildman–Crippen MR) is 73.6 cm³/mol. The van der Waals surface area contributed by atoms with Crippen LogP contribution in [-0.2, 0) is 16.6 Å². The molecule has 0 bridgehead atoms. The van der Waals surface area contributed by atoms with Crippen molar-refractivity contribution >= 4 is 5.91 Å². The summed E-state index contributed by atoms with van der Waals surface area (Å²) in [6.45, 7) is 8.67. The third-order valence-corrected chi connectivity index (χ3v) is 3.40. The molecular formula is C14H22N4O. The molecule has 0 aromatic carbocycles. The summed E-state index contributed by atoms with van der Waals surface area (Å²) in [5, 5.41) is 0. The molecule has 0 aliphatic carbocycles. The maximum Gasteiger partial charge on any atom is 0.231 e. The molecule has 1 aliphatic heterocycles. The average molecular weight is 262 g/mol. The number of hydrogen-bond donors (Lipinski definition) is 1. The number of amides is 1. The number of carbonyl (C=O) groups excluding carboxylic acids is 1. The number of hydrogen-bond acceptors (Lipinski definition) is 4. The van der Waals surface area contributed by atoms with E-state index in [0.29, 0.717) is 12.5 Å². The Bertz CT molecular complexity index is 461. The molecule has 104 valence electrons.